The Balaban J connectivity index is 1.40. The molecule has 2 aromatic heterocycles. The Morgan fingerprint density at radius 3 is 2.80 bits per heavy atom. The largest absolute Gasteiger partial charge is 0.462 e. The zero-order valence-electron chi connectivity index (χ0n) is 22.1. The summed E-state index contributed by atoms with van der Waals surface area (Å²) in [5.41, 5.74) is 0.966. The molecule has 1 amide bonds. The maximum absolute atomic E-state index is 14.6. The number of halogens is 2. The number of ether oxygens (including phenoxy) is 2. The number of carbonyl (C=O) groups excluding carboxylic acids is 1. The molecule has 4 heterocycles. The van der Waals surface area contributed by atoms with Gasteiger partial charge in [0, 0.05) is 43.7 Å². The summed E-state index contributed by atoms with van der Waals surface area (Å²) in [6.07, 6.45) is 5.04. The number of nitrogens with zero attached hydrogens (tertiary/aromatic N) is 6. The normalized spacial score (nSPS) is 18.0. The first-order valence-electron chi connectivity index (χ1n) is 13.2. The standard InChI is InChI=1S/C28H29ClFN7O3/c1-3-23(38)36-10-12-37(13-11-36)27-18-7-4-8-22(40-26-19-15-31-34-21(19)14-20(30)24(26)29)25(18)32-28(33-27)39-16-17-6-5-9-35(17)2/h3-4,7-8,14-15,17H,1,5-6,9-13,16H2,2H3,(H,31,34)/t17-/m1/s1. The molecule has 2 aromatic carbocycles. The predicted molar refractivity (Wildman–Crippen MR) is 151 cm³/mol. The number of nitrogens with one attached hydrogen (secondary N) is 1. The van der Waals surface area contributed by atoms with Crippen LogP contribution in [0.15, 0.2) is 43.1 Å². The third-order valence-electron chi connectivity index (χ3n) is 7.60. The molecule has 2 aliphatic heterocycles. The van der Waals surface area contributed by atoms with Crippen molar-refractivity contribution in [3.8, 4) is 17.5 Å². The molecule has 2 aliphatic rings. The first kappa shape index (κ1) is 26.3. The number of aromatic amines is 1. The maximum atomic E-state index is 14.6. The van der Waals surface area contributed by atoms with Gasteiger partial charge in [0.05, 0.1) is 17.1 Å². The molecule has 2 fully saturated rings. The molecule has 4 aromatic rings. The molecule has 1 atom stereocenters. The molecule has 10 nitrogen and oxygen atoms in total. The van der Waals surface area contributed by atoms with Gasteiger partial charge in [0.25, 0.3) is 0 Å². The number of hydrogen-bond donors (Lipinski definition) is 1. The molecular weight excluding hydrogens is 537 g/mol. The van der Waals surface area contributed by atoms with Gasteiger partial charge in [0.2, 0.25) is 5.91 Å². The Hall–Kier alpha value is -3.96. The molecule has 1 N–H and O–H groups in total. The first-order valence-corrected chi connectivity index (χ1v) is 13.6. The third-order valence-corrected chi connectivity index (χ3v) is 7.95. The van der Waals surface area contributed by atoms with Crippen molar-refractivity contribution in [3.63, 3.8) is 0 Å². The van der Waals surface area contributed by atoms with Crippen LogP contribution in [0.2, 0.25) is 5.02 Å². The molecule has 0 aliphatic carbocycles. The molecule has 12 heteroatoms. The van der Waals surface area contributed by atoms with Crippen LogP contribution in [0, 0.1) is 5.82 Å². The number of rotatable bonds is 7. The Bertz CT molecular complexity index is 1590. The number of para-hydroxylation sites is 1. The van der Waals surface area contributed by atoms with Gasteiger partial charge >= 0.3 is 6.01 Å². The molecule has 6 rings (SSSR count). The summed E-state index contributed by atoms with van der Waals surface area (Å²) >= 11 is 6.35. The van der Waals surface area contributed by atoms with Gasteiger partial charge in [-0.05, 0) is 44.6 Å². The molecule has 0 bridgehead atoms. The van der Waals surface area contributed by atoms with Gasteiger partial charge in [-0.1, -0.05) is 24.2 Å². The van der Waals surface area contributed by atoms with E-state index >= 15 is 0 Å². The average molecular weight is 566 g/mol. The van der Waals surface area contributed by atoms with Gasteiger partial charge in [0.1, 0.15) is 28.8 Å². The van der Waals surface area contributed by atoms with Crippen LogP contribution in [0.5, 0.6) is 17.5 Å². The predicted octanol–water partition coefficient (Wildman–Crippen LogP) is 4.40. The van der Waals surface area contributed by atoms with Crippen molar-refractivity contribution in [1.29, 1.82) is 0 Å². The van der Waals surface area contributed by atoms with Crippen LogP contribution in [0.4, 0.5) is 10.2 Å². The fraction of sp³-hybridized carbons (Fsp3) is 0.357. The van der Waals surface area contributed by atoms with E-state index in [4.69, 9.17) is 31.0 Å². The van der Waals surface area contributed by atoms with E-state index in [9.17, 15) is 9.18 Å². The molecular formula is C28H29ClFN7O3. The lowest BCUT2D eigenvalue weighted by atomic mass is 10.2. The maximum Gasteiger partial charge on any atom is 0.319 e. The van der Waals surface area contributed by atoms with E-state index in [1.165, 1.54) is 18.3 Å². The van der Waals surface area contributed by atoms with Gasteiger partial charge < -0.3 is 24.2 Å². The smallest absolute Gasteiger partial charge is 0.319 e. The minimum Gasteiger partial charge on any atom is -0.462 e. The van der Waals surface area contributed by atoms with Gasteiger partial charge in [-0.2, -0.15) is 15.1 Å². The molecule has 0 radical (unpaired) electrons. The lowest BCUT2D eigenvalue weighted by molar-refractivity contribution is -0.126. The highest BCUT2D eigenvalue weighted by atomic mass is 35.5. The molecule has 0 unspecified atom stereocenters. The van der Waals surface area contributed by atoms with Crippen LogP contribution in [0.1, 0.15) is 12.8 Å². The lowest BCUT2D eigenvalue weighted by Crippen LogP contribution is -2.48. The quantitative estimate of drug-likeness (QED) is 0.329. The highest BCUT2D eigenvalue weighted by Crippen LogP contribution is 2.41. The molecule has 40 heavy (non-hydrogen) atoms. The molecule has 0 saturated carbocycles. The second-order valence-corrected chi connectivity index (χ2v) is 10.4. The van der Waals surface area contributed by atoms with E-state index in [-0.39, 0.29) is 28.7 Å². The Morgan fingerprint density at radius 2 is 2.05 bits per heavy atom. The number of carbonyl (C=O) groups is 1. The lowest BCUT2D eigenvalue weighted by Gasteiger charge is -2.35. The number of aromatic nitrogens is 4. The van der Waals surface area contributed by atoms with Crippen LogP contribution < -0.4 is 14.4 Å². The number of piperazine rings is 1. The number of anilines is 1. The Morgan fingerprint density at radius 1 is 1.23 bits per heavy atom. The Labute approximate surface area is 235 Å². The zero-order chi connectivity index (χ0) is 27.8. The second kappa shape index (κ2) is 10.9. The average Bonchev–Trinajstić information content (AvgIpc) is 3.62. The summed E-state index contributed by atoms with van der Waals surface area (Å²) in [5, 5.41) is 7.90. The van der Waals surface area contributed by atoms with Crippen LogP contribution in [0.25, 0.3) is 21.8 Å². The van der Waals surface area contributed by atoms with E-state index in [2.05, 4.69) is 33.6 Å². The molecule has 2 saturated heterocycles. The number of hydrogen-bond acceptors (Lipinski definition) is 8. The highest BCUT2D eigenvalue weighted by molar-refractivity contribution is 6.33. The highest BCUT2D eigenvalue weighted by Gasteiger charge is 2.26. The summed E-state index contributed by atoms with van der Waals surface area (Å²) in [6.45, 7) is 7.30. The van der Waals surface area contributed by atoms with E-state index in [0.717, 1.165) is 24.8 Å². The van der Waals surface area contributed by atoms with E-state index in [1.54, 1.807) is 11.0 Å². The van der Waals surface area contributed by atoms with Crippen LogP contribution in [-0.2, 0) is 4.79 Å². The van der Waals surface area contributed by atoms with Gasteiger partial charge in [-0.3, -0.25) is 9.89 Å². The van der Waals surface area contributed by atoms with Crippen molar-refractivity contribution >= 4 is 45.1 Å². The number of amides is 1. The Kier molecular flexibility index (Phi) is 7.16. The number of benzene rings is 2. The van der Waals surface area contributed by atoms with Crippen molar-refractivity contribution in [1.82, 2.24) is 30.0 Å². The minimum absolute atomic E-state index is 0.0925. The van der Waals surface area contributed by atoms with Gasteiger partial charge in [-0.15, -0.1) is 0 Å². The van der Waals surface area contributed by atoms with Crippen LogP contribution in [-0.4, -0.2) is 88.3 Å². The van der Waals surface area contributed by atoms with E-state index in [1.807, 2.05) is 12.1 Å². The van der Waals surface area contributed by atoms with Crippen molar-refractivity contribution in [2.75, 3.05) is 51.3 Å². The SMILES string of the molecule is C=CC(=O)N1CCN(c2nc(OC[C@H]3CCCN3C)nc3c(Oc4c(Cl)c(F)cc5[nH]ncc45)cccc23)CC1. The monoisotopic (exact) mass is 565 g/mol. The summed E-state index contributed by atoms with van der Waals surface area (Å²) in [6, 6.07) is 7.28. The summed E-state index contributed by atoms with van der Waals surface area (Å²) in [4.78, 5) is 27.8. The van der Waals surface area contributed by atoms with Gasteiger partial charge in [-0.25, -0.2) is 4.39 Å². The third kappa shape index (κ3) is 4.90. The first-order chi connectivity index (χ1) is 19.4. The fourth-order valence-corrected chi connectivity index (χ4v) is 5.51. The number of likely N-dealkylation sites (N-methyl/N-ethyl adjacent to an activating group) is 1. The van der Waals surface area contributed by atoms with Crippen molar-refractivity contribution in [2.45, 2.75) is 18.9 Å². The topological polar surface area (TPSA) is 99.7 Å². The number of H-pyrrole nitrogens is 1. The molecule has 0 spiro atoms. The zero-order valence-corrected chi connectivity index (χ0v) is 22.8. The van der Waals surface area contributed by atoms with Crippen molar-refractivity contribution in [3.05, 3.63) is 54.0 Å². The van der Waals surface area contributed by atoms with Crippen LogP contribution >= 0.6 is 11.6 Å². The minimum atomic E-state index is -0.624. The van der Waals surface area contributed by atoms with E-state index in [0.29, 0.717) is 60.8 Å². The summed E-state index contributed by atoms with van der Waals surface area (Å²) in [5.74, 6) is 0.476. The van der Waals surface area contributed by atoms with Crippen molar-refractivity contribution in [2.24, 2.45) is 0 Å². The number of likely N-dealkylation sites (tertiary alicyclic amines) is 1. The van der Waals surface area contributed by atoms with Gasteiger partial charge in [0.15, 0.2) is 11.5 Å². The van der Waals surface area contributed by atoms with Crippen LogP contribution in [0.3, 0.4) is 0 Å². The molecule has 208 valence electrons. The fourth-order valence-electron chi connectivity index (χ4n) is 5.32. The summed E-state index contributed by atoms with van der Waals surface area (Å²) in [7, 11) is 2.09. The van der Waals surface area contributed by atoms with E-state index < -0.39 is 5.82 Å². The summed E-state index contributed by atoms with van der Waals surface area (Å²) < 4.78 is 27.0. The second-order valence-electron chi connectivity index (χ2n) is 10.0. The van der Waals surface area contributed by atoms with Crippen molar-refractivity contribution < 1.29 is 18.7 Å². The number of fused-ring (bicyclic) bond motifs is 2.